The number of alkyl halides is 6. The Morgan fingerprint density at radius 3 is 2.11 bits per heavy atom. The van der Waals surface area contributed by atoms with E-state index < -0.39 is 42.6 Å². The molecule has 1 heterocycles. The van der Waals surface area contributed by atoms with E-state index in [1.807, 2.05) is 0 Å². The third-order valence-corrected chi connectivity index (χ3v) is 6.97. The van der Waals surface area contributed by atoms with E-state index >= 15 is 0 Å². The van der Waals surface area contributed by atoms with Crippen LogP contribution in [0.2, 0.25) is 0 Å². The van der Waals surface area contributed by atoms with Gasteiger partial charge in [0, 0.05) is 0 Å². The standard InChI is InChI=1S/C10H6ClF6IO/c1-5-2-3-7-6(4-5)8(9(12,13)14,10(15,16)17)19-18(7)11/h2-4H,1H3. The number of aryl methyl sites for hydroxylation is 1. The Morgan fingerprint density at radius 2 is 1.63 bits per heavy atom. The molecule has 0 spiro atoms. The van der Waals surface area contributed by atoms with E-state index in [2.05, 4.69) is 3.07 Å². The topological polar surface area (TPSA) is 9.23 Å². The summed E-state index contributed by atoms with van der Waals surface area (Å²) >= 11 is -3.45. The van der Waals surface area contributed by atoms with Gasteiger partial charge in [0.15, 0.2) is 0 Å². The van der Waals surface area contributed by atoms with Crippen LogP contribution in [0.5, 0.6) is 0 Å². The summed E-state index contributed by atoms with van der Waals surface area (Å²) in [6, 6.07) is 3.44. The SMILES string of the molecule is Cc1ccc2c(c1)C(C(F)(F)F)(C(F)(F)F)OI2Cl. The maximum atomic E-state index is 13.0. The summed E-state index contributed by atoms with van der Waals surface area (Å²) in [5.41, 5.74) is -4.94. The first-order valence-corrected chi connectivity index (χ1v) is 9.50. The Balaban J connectivity index is 2.78. The predicted molar refractivity (Wildman–Crippen MR) is 64.6 cm³/mol. The second-order valence-electron chi connectivity index (χ2n) is 3.94. The normalized spacial score (nSPS) is 20.5. The fraction of sp³-hybridized carbons (Fsp3) is 0.400. The van der Waals surface area contributed by atoms with Crippen LogP contribution < -0.4 is 0 Å². The zero-order valence-electron chi connectivity index (χ0n) is 9.16. The second kappa shape index (κ2) is 4.39. The van der Waals surface area contributed by atoms with E-state index in [0.29, 0.717) is 0 Å². The molecule has 0 atom stereocenters. The molecule has 0 N–H and O–H groups in total. The predicted octanol–water partition coefficient (Wildman–Crippen LogP) is 5.09. The van der Waals surface area contributed by atoms with E-state index in [1.54, 1.807) is 0 Å². The molecule has 1 aromatic rings. The third-order valence-electron chi connectivity index (χ3n) is 2.64. The molecule has 0 bridgehead atoms. The van der Waals surface area contributed by atoms with Gasteiger partial charge in [0.1, 0.15) is 0 Å². The van der Waals surface area contributed by atoms with E-state index in [9.17, 15) is 26.3 Å². The molecule has 1 nitrogen and oxygen atoms in total. The first-order chi connectivity index (χ1) is 8.50. The van der Waals surface area contributed by atoms with Crippen LogP contribution >= 0.6 is 28.0 Å². The molecule has 2 rings (SSSR count). The fourth-order valence-corrected chi connectivity index (χ4v) is 6.21. The van der Waals surface area contributed by atoms with Crippen molar-refractivity contribution >= 4 is 28.0 Å². The number of rotatable bonds is 0. The van der Waals surface area contributed by atoms with Gasteiger partial charge >= 0.3 is 115 Å². The average molecular weight is 419 g/mol. The van der Waals surface area contributed by atoms with Crippen LogP contribution in [-0.4, -0.2) is 12.4 Å². The zero-order chi connectivity index (χ0) is 14.6. The summed E-state index contributed by atoms with van der Waals surface area (Å²) in [5.74, 6) is 0. The summed E-state index contributed by atoms with van der Waals surface area (Å²) in [6.07, 6.45) is -11.2. The van der Waals surface area contributed by atoms with Crippen LogP contribution in [0.4, 0.5) is 26.3 Å². The van der Waals surface area contributed by atoms with Gasteiger partial charge < -0.3 is 0 Å². The Labute approximate surface area is 115 Å². The van der Waals surface area contributed by atoms with Crippen molar-refractivity contribution in [2.24, 2.45) is 0 Å². The van der Waals surface area contributed by atoms with Crippen LogP contribution in [-0.2, 0) is 8.67 Å². The molecular weight excluding hydrogens is 412 g/mol. The monoisotopic (exact) mass is 418 g/mol. The molecule has 1 aliphatic heterocycles. The van der Waals surface area contributed by atoms with Gasteiger partial charge in [-0.2, -0.15) is 0 Å². The number of benzene rings is 1. The van der Waals surface area contributed by atoms with E-state index in [4.69, 9.17) is 8.91 Å². The molecule has 0 aromatic heterocycles. The number of hydrogen-bond acceptors (Lipinski definition) is 1. The van der Waals surface area contributed by atoms with Gasteiger partial charge in [-0.1, -0.05) is 0 Å². The molecule has 0 radical (unpaired) electrons. The molecular formula is C10H6ClF6IO. The van der Waals surface area contributed by atoms with Crippen molar-refractivity contribution in [3.8, 4) is 0 Å². The zero-order valence-corrected chi connectivity index (χ0v) is 12.1. The van der Waals surface area contributed by atoms with E-state index in [-0.39, 0.29) is 9.13 Å². The Morgan fingerprint density at radius 1 is 1.11 bits per heavy atom. The minimum atomic E-state index is -5.62. The minimum absolute atomic E-state index is 0.161. The summed E-state index contributed by atoms with van der Waals surface area (Å²) in [5, 5.41) is 0. The number of hydrogen-bond donors (Lipinski definition) is 0. The Kier molecular flexibility index (Phi) is 3.50. The number of fused-ring (bicyclic) bond motifs is 1. The van der Waals surface area contributed by atoms with Crippen LogP contribution in [0, 0.1) is 10.5 Å². The van der Waals surface area contributed by atoms with Gasteiger partial charge in [0.25, 0.3) is 0 Å². The van der Waals surface area contributed by atoms with Gasteiger partial charge in [0.05, 0.1) is 0 Å². The van der Waals surface area contributed by atoms with Gasteiger partial charge in [-0.25, -0.2) is 0 Å². The second-order valence-corrected chi connectivity index (χ2v) is 8.47. The van der Waals surface area contributed by atoms with Crippen LogP contribution in [0.25, 0.3) is 0 Å². The van der Waals surface area contributed by atoms with Crippen molar-refractivity contribution in [1.82, 2.24) is 0 Å². The first-order valence-electron chi connectivity index (χ1n) is 4.81. The fourth-order valence-electron chi connectivity index (χ4n) is 1.78. The van der Waals surface area contributed by atoms with Crippen molar-refractivity contribution < 1.29 is 29.4 Å². The van der Waals surface area contributed by atoms with Crippen molar-refractivity contribution in [1.29, 1.82) is 0 Å². The van der Waals surface area contributed by atoms with Crippen LogP contribution in [0.3, 0.4) is 0 Å². The molecule has 19 heavy (non-hydrogen) atoms. The molecule has 0 amide bonds. The molecule has 0 saturated heterocycles. The molecule has 1 aliphatic rings. The Hall–Kier alpha value is -0.220. The maximum absolute atomic E-state index is 13.0. The van der Waals surface area contributed by atoms with Gasteiger partial charge in [-0.15, -0.1) is 0 Å². The van der Waals surface area contributed by atoms with Crippen LogP contribution in [0.15, 0.2) is 18.2 Å². The van der Waals surface area contributed by atoms with Gasteiger partial charge in [0.2, 0.25) is 0 Å². The number of halogens is 8. The van der Waals surface area contributed by atoms with Crippen molar-refractivity contribution in [2.75, 3.05) is 0 Å². The first kappa shape index (κ1) is 15.2. The summed E-state index contributed by atoms with van der Waals surface area (Å²) < 4.78 is 82.2. The molecule has 1 aromatic carbocycles. The van der Waals surface area contributed by atoms with E-state index in [1.165, 1.54) is 19.1 Å². The van der Waals surface area contributed by atoms with Crippen molar-refractivity contribution in [3.63, 3.8) is 0 Å². The van der Waals surface area contributed by atoms with Gasteiger partial charge in [-0.05, 0) is 0 Å². The van der Waals surface area contributed by atoms with Gasteiger partial charge in [-0.3, -0.25) is 0 Å². The molecule has 0 aliphatic carbocycles. The Bertz CT molecular complexity index is 498. The van der Waals surface area contributed by atoms with E-state index in [0.717, 1.165) is 6.07 Å². The molecule has 108 valence electrons. The molecule has 0 saturated carbocycles. The quantitative estimate of drug-likeness (QED) is 0.421. The van der Waals surface area contributed by atoms with Crippen molar-refractivity contribution in [2.45, 2.75) is 24.9 Å². The summed E-state index contributed by atoms with van der Waals surface area (Å²) in [4.78, 5) is 0. The summed E-state index contributed by atoms with van der Waals surface area (Å²) in [7, 11) is 5.63. The molecule has 9 heteroatoms. The molecule has 0 unspecified atom stereocenters. The molecule has 0 fully saturated rings. The average Bonchev–Trinajstić information content (AvgIpc) is 2.51. The van der Waals surface area contributed by atoms with Crippen LogP contribution in [0.1, 0.15) is 11.1 Å². The summed E-state index contributed by atoms with van der Waals surface area (Å²) in [6.45, 7) is 1.41. The third kappa shape index (κ3) is 2.11. The van der Waals surface area contributed by atoms with Crippen molar-refractivity contribution in [3.05, 3.63) is 32.9 Å².